The van der Waals surface area contributed by atoms with Crippen LogP contribution in [-0.2, 0) is 6.54 Å². The predicted molar refractivity (Wildman–Crippen MR) is 47.7 cm³/mol. The first-order chi connectivity index (χ1) is 6.61. The number of hydrogen-bond acceptors (Lipinski definition) is 4. The summed E-state index contributed by atoms with van der Waals surface area (Å²) in [4.78, 5) is 25.8. The Bertz CT molecular complexity index is 410. The van der Waals surface area contributed by atoms with Gasteiger partial charge in [0, 0.05) is 6.54 Å². The Hall–Kier alpha value is -1.85. The molecule has 0 saturated carbocycles. The summed E-state index contributed by atoms with van der Waals surface area (Å²) >= 11 is 0. The van der Waals surface area contributed by atoms with E-state index in [-0.39, 0.29) is 11.4 Å². The number of nitrogens with zero attached hydrogens (tertiary/aromatic N) is 2. The topological polar surface area (TPSA) is 81.4 Å². The molecular weight excluding hydrogens is 188 g/mol. The molecule has 0 fully saturated rings. The maximum atomic E-state index is 11.5. The van der Waals surface area contributed by atoms with Crippen molar-refractivity contribution in [1.29, 1.82) is 0 Å². The second kappa shape index (κ2) is 3.91. The minimum absolute atomic E-state index is 0.234. The van der Waals surface area contributed by atoms with Crippen molar-refractivity contribution in [3.63, 3.8) is 0 Å². The number of aromatic nitrogens is 2. The molecule has 1 rings (SSSR count). The standard InChI is InChI=1S/C8H10N2O4/c1-3-10-4-9-5(8(12)13)6(14-2)7(10)11/h4H,3H2,1-2H3,(H,12,13). The average molecular weight is 198 g/mol. The molecule has 6 heteroatoms. The third kappa shape index (κ3) is 1.59. The number of aryl methyl sites for hydroxylation is 1. The summed E-state index contributed by atoms with van der Waals surface area (Å²) in [6.07, 6.45) is 1.19. The predicted octanol–water partition coefficient (Wildman–Crippen LogP) is -0.0300. The Morgan fingerprint density at radius 2 is 2.36 bits per heavy atom. The van der Waals surface area contributed by atoms with Gasteiger partial charge in [-0.05, 0) is 6.92 Å². The molecule has 1 heterocycles. The smallest absolute Gasteiger partial charge is 0.358 e. The van der Waals surface area contributed by atoms with Crippen molar-refractivity contribution in [3.8, 4) is 5.75 Å². The molecule has 1 aromatic heterocycles. The second-order valence-corrected chi connectivity index (χ2v) is 2.52. The van der Waals surface area contributed by atoms with E-state index in [0.717, 1.165) is 0 Å². The van der Waals surface area contributed by atoms with Crippen molar-refractivity contribution in [2.24, 2.45) is 0 Å². The van der Waals surface area contributed by atoms with Crippen LogP contribution in [0.5, 0.6) is 5.75 Å². The van der Waals surface area contributed by atoms with Crippen molar-refractivity contribution in [2.75, 3.05) is 7.11 Å². The fourth-order valence-corrected chi connectivity index (χ4v) is 1.03. The van der Waals surface area contributed by atoms with Crippen LogP contribution >= 0.6 is 0 Å². The van der Waals surface area contributed by atoms with E-state index in [9.17, 15) is 9.59 Å². The highest BCUT2D eigenvalue weighted by molar-refractivity contribution is 5.88. The highest BCUT2D eigenvalue weighted by atomic mass is 16.5. The number of carboxylic acids is 1. The van der Waals surface area contributed by atoms with Gasteiger partial charge in [0.05, 0.1) is 13.4 Å². The first kappa shape index (κ1) is 10.2. The molecule has 0 saturated heterocycles. The Kier molecular flexibility index (Phi) is 2.85. The van der Waals surface area contributed by atoms with Gasteiger partial charge < -0.3 is 9.84 Å². The summed E-state index contributed by atoms with van der Waals surface area (Å²) < 4.78 is 5.97. The molecule has 14 heavy (non-hydrogen) atoms. The van der Waals surface area contributed by atoms with Gasteiger partial charge in [0.1, 0.15) is 0 Å². The summed E-state index contributed by atoms with van der Waals surface area (Å²) in [5.74, 6) is -1.51. The molecule has 0 bridgehead atoms. The van der Waals surface area contributed by atoms with Gasteiger partial charge in [-0.2, -0.15) is 0 Å². The lowest BCUT2D eigenvalue weighted by Gasteiger charge is -2.06. The minimum atomic E-state index is -1.28. The van der Waals surface area contributed by atoms with Crippen LogP contribution in [0.15, 0.2) is 11.1 Å². The van der Waals surface area contributed by atoms with Crippen LogP contribution < -0.4 is 10.3 Å². The molecule has 0 spiro atoms. The van der Waals surface area contributed by atoms with Crippen molar-refractivity contribution in [3.05, 3.63) is 22.4 Å². The average Bonchev–Trinajstić information content (AvgIpc) is 2.17. The molecule has 0 aliphatic carbocycles. The SMILES string of the molecule is CCn1cnc(C(=O)O)c(OC)c1=O. The fourth-order valence-electron chi connectivity index (χ4n) is 1.03. The molecule has 0 atom stereocenters. The highest BCUT2D eigenvalue weighted by Crippen LogP contribution is 2.08. The second-order valence-electron chi connectivity index (χ2n) is 2.52. The van der Waals surface area contributed by atoms with Crippen LogP contribution in [0, 0.1) is 0 Å². The molecule has 1 aromatic rings. The monoisotopic (exact) mass is 198 g/mol. The molecule has 0 aliphatic rings. The molecule has 0 amide bonds. The first-order valence-corrected chi connectivity index (χ1v) is 3.98. The van der Waals surface area contributed by atoms with Crippen molar-refractivity contribution < 1.29 is 14.6 Å². The Morgan fingerprint density at radius 3 is 2.79 bits per heavy atom. The van der Waals surface area contributed by atoms with Crippen LogP contribution in [0.25, 0.3) is 0 Å². The van der Waals surface area contributed by atoms with E-state index in [0.29, 0.717) is 6.54 Å². The van der Waals surface area contributed by atoms with Crippen molar-refractivity contribution >= 4 is 5.97 Å². The normalized spacial score (nSPS) is 9.86. The first-order valence-electron chi connectivity index (χ1n) is 3.98. The highest BCUT2D eigenvalue weighted by Gasteiger charge is 2.17. The van der Waals surface area contributed by atoms with E-state index < -0.39 is 11.5 Å². The van der Waals surface area contributed by atoms with Gasteiger partial charge >= 0.3 is 5.97 Å². The number of rotatable bonds is 3. The molecule has 1 N–H and O–H groups in total. The van der Waals surface area contributed by atoms with E-state index in [1.807, 2.05) is 0 Å². The van der Waals surface area contributed by atoms with Gasteiger partial charge in [0.25, 0.3) is 5.56 Å². The molecule has 0 radical (unpaired) electrons. The van der Waals surface area contributed by atoms with Crippen LogP contribution in [0.2, 0.25) is 0 Å². The number of carboxylic acid groups (broad SMARTS) is 1. The summed E-state index contributed by atoms with van der Waals surface area (Å²) in [6, 6.07) is 0. The number of ether oxygens (including phenoxy) is 1. The van der Waals surface area contributed by atoms with E-state index in [2.05, 4.69) is 4.98 Å². The van der Waals surface area contributed by atoms with E-state index in [4.69, 9.17) is 9.84 Å². The molecule has 0 aliphatic heterocycles. The minimum Gasteiger partial charge on any atom is -0.489 e. The summed E-state index contributed by atoms with van der Waals surface area (Å²) in [5, 5.41) is 8.69. The van der Waals surface area contributed by atoms with Gasteiger partial charge in [-0.3, -0.25) is 9.36 Å². The summed E-state index contributed by atoms with van der Waals surface area (Å²) in [6.45, 7) is 2.17. The maximum absolute atomic E-state index is 11.5. The summed E-state index contributed by atoms with van der Waals surface area (Å²) in [7, 11) is 1.24. The van der Waals surface area contributed by atoms with Gasteiger partial charge in [0.2, 0.25) is 5.75 Å². The number of methoxy groups -OCH3 is 1. The number of hydrogen-bond donors (Lipinski definition) is 1. The fraction of sp³-hybridized carbons (Fsp3) is 0.375. The lowest BCUT2D eigenvalue weighted by atomic mass is 10.3. The number of carbonyl (C=O) groups is 1. The molecule has 6 nitrogen and oxygen atoms in total. The third-order valence-electron chi connectivity index (χ3n) is 1.74. The van der Waals surface area contributed by atoms with Gasteiger partial charge in [-0.15, -0.1) is 0 Å². The van der Waals surface area contributed by atoms with Crippen molar-refractivity contribution in [1.82, 2.24) is 9.55 Å². The molecule has 0 unspecified atom stereocenters. The van der Waals surface area contributed by atoms with Crippen LogP contribution in [0.3, 0.4) is 0 Å². The van der Waals surface area contributed by atoms with Crippen LogP contribution in [0.1, 0.15) is 17.4 Å². The Labute approximate surface area is 79.8 Å². The van der Waals surface area contributed by atoms with Gasteiger partial charge in [-0.1, -0.05) is 0 Å². The van der Waals surface area contributed by atoms with Crippen molar-refractivity contribution in [2.45, 2.75) is 13.5 Å². The van der Waals surface area contributed by atoms with E-state index in [1.165, 1.54) is 18.0 Å². The lowest BCUT2D eigenvalue weighted by Crippen LogP contribution is -2.24. The quantitative estimate of drug-likeness (QED) is 0.737. The zero-order chi connectivity index (χ0) is 10.7. The molecule has 0 aromatic carbocycles. The van der Waals surface area contributed by atoms with Gasteiger partial charge in [0.15, 0.2) is 5.69 Å². The molecular formula is C8H10N2O4. The van der Waals surface area contributed by atoms with Crippen LogP contribution in [0.4, 0.5) is 0 Å². The lowest BCUT2D eigenvalue weighted by molar-refractivity contribution is 0.0685. The third-order valence-corrected chi connectivity index (χ3v) is 1.74. The zero-order valence-electron chi connectivity index (χ0n) is 7.85. The molecule has 76 valence electrons. The Balaban J connectivity index is 3.44. The van der Waals surface area contributed by atoms with E-state index >= 15 is 0 Å². The van der Waals surface area contributed by atoms with E-state index in [1.54, 1.807) is 6.92 Å². The maximum Gasteiger partial charge on any atom is 0.358 e. The summed E-state index contributed by atoms with van der Waals surface area (Å²) in [5.41, 5.74) is -0.843. The largest absolute Gasteiger partial charge is 0.489 e. The van der Waals surface area contributed by atoms with Crippen LogP contribution in [-0.4, -0.2) is 27.7 Å². The Morgan fingerprint density at radius 1 is 1.71 bits per heavy atom. The number of aromatic carboxylic acids is 1. The zero-order valence-corrected chi connectivity index (χ0v) is 7.85. The van der Waals surface area contributed by atoms with Gasteiger partial charge in [-0.25, -0.2) is 9.78 Å².